The smallest absolute Gasteiger partial charge is 0.306 e. The van der Waals surface area contributed by atoms with Gasteiger partial charge in [0, 0.05) is 6.42 Å². The van der Waals surface area contributed by atoms with E-state index >= 15 is 0 Å². The number of rotatable bonds is 56. The fourth-order valence-electron chi connectivity index (χ4n) is 10.5. The molecule has 0 aromatic carbocycles. The van der Waals surface area contributed by atoms with Gasteiger partial charge in [0.25, 0.3) is 0 Å². The molecule has 11 heteroatoms. The summed E-state index contributed by atoms with van der Waals surface area (Å²) in [7, 11) is 0. The first-order valence-electron chi connectivity index (χ1n) is 32.5. The third-order valence-electron chi connectivity index (χ3n) is 15.7. The molecular weight excluding hydrogens is 943 g/mol. The number of amides is 1. The zero-order valence-corrected chi connectivity index (χ0v) is 49.2. The molecule has 1 aliphatic heterocycles. The molecule has 1 saturated heterocycles. The molecule has 0 spiro atoms. The number of carbonyl (C=O) groups is 2. The molecule has 0 radical (unpaired) electrons. The number of aliphatic hydroxyl groups is 5. The minimum absolute atomic E-state index is 0.130. The van der Waals surface area contributed by atoms with E-state index in [1.54, 1.807) is 6.08 Å². The Kier molecular flexibility index (Phi) is 50.5. The van der Waals surface area contributed by atoms with Crippen molar-refractivity contribution >= 4 is 11.9 Å². The lowest BCUT2D eigenvalue weighted by Crippen LogP contribution is -2.61. The van der Waals surface area contributed by atoms with E-state index in [0.717, 1.165) is 57.8 Å². The molecule has 0 aliphatic carbocycles. The molecule has 8 unspecified atom stereocenters. The highest BCUT2D eigenvalue weighted by Crippen LogP contribution is 2.26. The van der Waals surface area contributed by atoms with Crippen molar-refractivity contribution in [3.8, 4) is 0 Å². The summed E-state index contributed by atoms with van der Waals surface area (Å²) in [6.45, 7) is 5.82. The van der Waals surface area contributed by atoms with Gasteiger partial charge >= 0.3 is 5.97 Å². The quantitative estimate of drug-likeness (QED) is 0.0195. The third-order valence-corrected chi connectivity index (χ3v) is 15.7. The summed E-state index contributed by atoms with van der Waals surface area (Å²) in [4.78, 5) is 26.5. The first kappa shape index (κ1) is 71.4. The van der Waals surface area contributed by atoms with Crippen molar-refractivity contribution in [2.45, 2.75) is 372 Å². The van der Waals surface area contributed by atoms with E-state index in [2.05, 4.69) is 26.1 Å². The van der Waals surface area contributed by atoms with Crippen LogP contribution in [0.2, 0.25) is 0 Å². The minimum Gasteiger partial charge on any atom is -0.454 e. The van der Waals surface area contributed by atoms with E-state index in [9.17, 15) is 35.1 Å². The van der Waals surface area contributed by atoms with Gasteiger partial charge in [-0.05, 0) is 25.7 Å². The Bertz CT molecular complexity index is 1270. The van der Waals surface area contributed by atoms with E-state index in [-0.39, 0.29) is 13.0 Å². The number of carbonyl (C=O) groups excluding carboxylic acids is 2. The van der Waals surface area contributed by atoms with Crippen LogP contribution < -0.4 is 5.32 Å². The van der Waals surface area contributed by atoms with Crippen LogP contribution in [0.1, 0.15) is 323 Å². The maximum atomic E-state index is 13.4. The number of aliphatic hydroxyl groups excluding tert-OH is 5. The highest BCUT2D eigenvalue weighted by molar-refractivity contribution is 5.80. The molecule has 444 valence electrons. The van der Waals surface area contributed by atoms with Crippen LogP contribution in [0, 0.1) is 0 Å². The number of hydrogen-bond acceptors (Lipinski definition) is 10. The topological polar surface area (TPSA) is 175 Å². The van der Waals surface area contributed by atoms with Crippen molar-refractivity contribution in [3.63, 3.8) is 0 Å². The number of ether oxygens (including phenoxy) is 3. The van der Waals surface area contributed by atoms with Crippen molar-refractivity contribution in [1.29, 1.82) is 0 Å². The third kappa shape index (κ3) is 41.1. The van der Waals surface area contributed by atoms with Crippen LogP contribution >= 0.6 is 0 Å². The van der Waals surface area contributed by atoms with E-state index in [0.29, 0.717) is 19.3 Å². The first-order valence-corrected chi connectivity index (χ1v) is 32.5. The number of hydrogen-bond donors (Lipinski definition) is 6. The van der Waals surface area contributed by atoms with Crippen molar-refractivity contribution < 1.29 is 49.3 Å². The predicted molar refractivity (Wildman–Crippen MR) is 311 cm³/mol. The normalized spacial score (nSPS) is 19.2. The highest BCUT2D eigenvalue weighted by Gasteiger charge is 2.47. The first-order chi connectivity index (χ1) is 36.7. The van der Waals surface area contributed by atoms with Crippen LogP contribution in [0.3, 0.4) is 0 Å². The molecule has 1 rings (SSSR count). The van der Waals surface area contributed by atoms with Gasteiger partial charge in [-0.15, -0.1) is 0 Å². The van der Waals surface area contributed by atoms with Gasteiger partial charge in [-0.2, -0.15) is 0 Å². The van der Waals surface area contributed by atoms with Crippen LogP contribution in [-0.2, 0) is 23.8 Å². The lowest BCUT2D eigenvalue weighted by Gasteiger charge is -2.41. The fraction of sp³-hybridized carbons (Fsp3) is 0.938. The molecular formula is C64H123NO10. The molecule has 0 saturated carbocycles. The average Bonchev–Trinajstić information content (AvgIpc) is 3.41. The van der Waals surface area contributed by atoms with Crippen molar-refractivity contribution in [3.05, 3.63) is 12.2 Å². The Morgan fingerprint density at radius 1 is 0.507 bits per heavy atom. The lowest BCUT2D eigenvalue weighted by molar-refractivity contribution is -0.305. The van der Waals surface area contributed by atoms with Gasteiger partial charge < -0.3 is 45.1 Å². The molecule has 11 nitrogen and oxygen atoms in total. The van der Waals surface area contributed by atoms with Crippen LogP contribution in [-0.4, -0.2) is 99.6 Å². The Hall–Kier alpha value is -1.60. The zero-order chi connectivity index (χ0) is 54.7. The Morgan fingerprint density at radius 2 is 0.867 bits per heavy atom. The lowest BCUT2D eigenvalue weighted by atomic mass is 9.99. The average molecular weight is 1070 g/mol. The summed E-state index contributed by atoms with van der Waals surface area (Å²) in [5, 5.41) is 57.0. The monoisotopic (exact) mass is 1070 g/mol. The van der Waals surface area contributed by atoms with Gasteiger partial charge in [0.15, 0.2) is 12.4 Å². The van der Waals surface area contributed by atoms with Crippen LogP contribution in [0.4, 0.5) is 0 Å². The van der Waals surface area contributed by atoms with Crippen molar-refractivity contribution in [2.24, 2.45) is 0 Å². The van der Waals surface area contributed by atoms with Gasteiger partial charge in [0.05, 0.1) is 25.4 Å². The maximum Gasteiger partial charge on any atom is 0.306 e. The number of esters is 1. The van der Waals surface area contributed by atoms with E-state index < -0.39 is 67.4 Å². The zero-order valence-electron chi connectivity index (χ0n) is 49.2. The molecule has 0 bridgehead atoms. The molecule has 0 aromatic rings. The van der Waals surface area contributed by atoms with Crippen LogP contribution in [0.25, 0.3) is 0 Å². The number of nitrogens with one attached hydrogen (secondary N) is 1. The Labute approximate surface area is 461 Å². The molecule has 1 amide bonds. The molecule has 6 N–H and O–H groups in total. The number of unbranched alkanes of at least 4 members (excludes halogenated alkanes) is 42. The van der Waals surface area contributed by atoms with E-state index in [4.69, 9.17) is 14.2 Å². The summed E-state index contributed by atoms with van der Waals surface area (Å²) in [5.41, 5.74) is 0. The van der Waals surface area contributed by atoms with E-state index in [1.807, 2.05) is 6.08 Å². The van der Waals surface area contributed by atoms with Gasteiger partial charge in [-0.3, -0.25) is 9.59 Å². The summed E-state index contributed by atoms with van der Waals surface area (Å²) < 4.78 is 17.6. The van der Waals surface area contributed by atoms with Crippen molar-refractivity contribution in [1.82, 2.24) is 5.32 Å². The summed E-state index contributed by atoms with van der Waals surface area (Å²) >= 11 is 0. The maximum absolute atomic E-state index is 13.4. The Balaban J connectivity index is 2.61. The summed E-state index contributed by atoms with van der Waals surface area (Å²) in [6.07, 6.45) is 49.8. The number of allylic oxidation sites excluding steroid dienone is 1. The van der Waals surface area contributed by atoms with Crippen LogP contribution in [0.5, 0.6) is 0 Å². The second-order valence-electron chi connectivity index (χ2n) is 22.9. The fourth-order valence-corrected chi connectivity index (χ4v) is 10.5. The van der Waals surface area contributed by atoms with Crippen molar-refractivity contribution in [2.75, 3.05) is 13.2 Å². The second kappa shape index (κ2) is 53.1. The van der Waals surface area contributed by atoms with Crippen LogP contribution in [0.15, 0.2) is 12.2 Å². The van der Waals surface area contributed by atoms with Gasteiger partial charge in [-0.1, -0.05) is 303 Å². The second-order valence-corrected chi connectivity index (χ2v) is 22.9. The SMILES string of the molecule is CCCCCCCCCCCCC/C=C/C(O)C(COC1OC(CO)C(O)C(O)C1OC(=O)CCCCCCCCCCCCC)NC(=O)C(O)CCCCCCCCCCCCCCCCCCCCCCCC. The van der Waals surface area contributed by atoms with Gasteiger partial charge in [0.2, 0.25) is 5.91 Å². The molecule has 0 aromatic heterocycles. The summed E-state index contributed by atoms with van der Waals surface area (Å²) in [6, 6.07) is -1.02. The summed E-state index contributed by atoms with van der Waals surface area (Å²) in [5.74, 6) is -1.18. The largest absolute Gasteiger partial charge is 0.454 e. The van der Waals surface area contributed by atoms with E-state index in [1.165, 1.54) is 218 Å². The molecule has 1 aliphatic rings. The minimum atomic E-state index is -1.61. The predicted octanol–water partition coefficient (Wildman–Crippen LogP) is 15.5. The molecule has 1 fully saturated rings. The van der Waals surface area contributed by atoms with Gasteiger partial charge in [0.1, 0.15) is 24.4 Å². The Morgan fingerprint density at radius 3 is 1.25 bits per heavy atom. The molecule has 8 atom stereocenters. The standard InChI is InChI=1S/C64H123NO10/c1-4-7-10-13-16-19-22-24-25-26-27-28-29-30-31-32-34-37-39-42-45-48-51-57(68)63(72)65-55(56(67)50-47-44-41-38-36-33-23-20-17-14-11-8-5-2)54-73-64-62(61(71)60(70)58(53-66)74-64)75-59(69)52-49-46-43-40-35-21-18-15-12-9-6-3/h47,50,55-58,60-62,64,66-68,70-71H,4-46,48-49,51-54H2,1-3H3,(H,65,72)/b50-47+. The van der Waals surface area contributed by atoms with Gasteiger partial charge in [-0.25, -0.2) is 0 Å². The highest BCUT2D eigenvalue weighted by atomic mass is 16.7. The molecule has 75 heavy (non-hydrogen) atoms. The molecule has 1 heterocycles.